The van der Waals surface area contributed by atoms with Gasteiger partial charge in [-0.1, -0.05) is 40.5 Å². The molecule has 1 aliphatic heterocycles. The Labute approximate surface area is 132 Å². The van der Waals surface area contributed by atoms with Gasteiger partial charge in [0, 0.05) is 31.7 Å². The lowest BCUT2D eigenvalue weighted by molar-refractivity contribution is 0.0294. The Kier molecular flexibility index (Phi) is 4.66. The minimum absolute atomic E-state index is 0.402. The van der Waals surface area contributed by atoms with Gasteiger partial charge in [-0.2, -0.15) is 0 Å². The molecular weight excluding hydrogens is 256 g/mol. The molecule has 1 saturated heterocycles. The standard InChI is InChI=1S/C19H36N2/c1-14-7-18(8-14)21-11-16(9-15-5-6-15)10-17(12-21)20-13-19(2,3)4/h14-18,20H,5-13H2,1-4H3. The first kappa shape index (κ1) is 15.8. The summed E-state index contributed by atoms with van der Waals surface area (Å²) in [6.45, 7) is 13.3. The zero-order chi connectivity index (χ0) is 15.0. The van der Waals surface area contributed by atoms with Gasteiger partial charge in [0.25, 0.3) is 0 Å². The maximum Gasteiger partial charge on any atom is 0.0198 e. The Morgan fingerprint density at radius 2 is 1.71 bits per heavy atom. The molecule has 2 aliphatic carbocycles. The molecule has 2 heteroatoms. The van der Waals surface area contributed by atoms with Crippen LogP contribution in [0.25, 0.3) is 0 Å². The van der Waals surface area contributed by atoms with Crippen LogP contribution in [0.2, 0.25) is 0 Å². The minimum atomic E-state index is 0.402. The number of piperidine rings is 1. The number of nitrogens with one attached hydrogen (secondary N) is 1. The van der Waals surface area contributed by atoms with Gasteiger partial charge in [-0.3, -0.25) is 4.90 Å². The summed E-state index contributed by atoms with van der Waals surface area (Å²) in [5, 5.41) is 3.89. The predicted octanol–water partition coefficient (Wildman–Crippen LogP) is 3.91. The van der Waals surface area contributed by atoms with E-state index >= 15 is 0 Å². The molecule has 2 unspecified atom stereocenters. The van der Waals surface area contributed by atoms with Gasteiger partial charge in [-0.15, -0.1) is 0 Å². The Balaban J connectivity index is 1.54. The first-order valence-electron chi connectivity index (χ1n) is 9.36. The highest BCUT2D eigenvalue weighted by Gasteiger charge is 2.38. The second kappa shape index (κ2) is 6.20. The molecule has 2 atom stereocenters. The molecule has 2 nitrogen and oxygen atoms in total. The van der Waals surface area contributed by atoms with Crippen molar-refractivity contribution in [3.05, 3.63) is 0 Å². The molecule has 2 saturated carbocycles. The van der Waals surface area contributed by atoms with Crippen molar-refractivity contribution in [3.8, 4) is 0 Å². The van der Waals surface area contributed by atoms with Gasteiger partial charge in [0.2, 0.25) is 0 Å². The van der Waals surface area contributed by atoms with Crippen LogP contribution >= 0.6 is 0 Å². The molecule has 1 N–H and O–H groups in total. The van der Waals surface area contributed by atoms with Crippen molar-refractivity contribution >= 4 is 0 Å². The molecular formula is C19H36N2. The van der Waals surface area contributed by atoms with Crippen LogP contribution in [0.1, 0.15) is 66.2 Å². The van der Waals surface area contributed by atoms with E-state index in [4.69, 9.17) is 0 Å². The highest BCUT2D eigenvalue weighted by Crippen LogP contribution is 2.40. The topological polar surface area (TPSA) is 15.3 Å². The highest BCUT2D eigenvalue weighted by atomic mass is 15.2. The Hall–Kier alpha value is -0.0800. The van der Waals surface area contributed by atoms with Crippen LogP contribution in [-0.4, -0.2) is 36.6 Å². The molecule has 122 valence electrons. The van der Waals surface area contributed by atoms with Crippen molar-refractivity contribution < 1.29 is 0 Å². The molecule has 3 rings (SSSR count). The Morgan fingerprint density at radius 1 is 1.00 bits per heavy atom. The number of hydrogen-bond acceptors (Lipinski definition) is 2. The maximum absolute atomic E-state index is 3.89. The fourth-order valence-electron chi connectivity index (χ4n) is 4.29. The SMILES string of the molecule is CC1CC(N2CC(CC3CC3)CC(NCC(C)(C)C)C2)C1. The summed E-state index contributed by atoms with van der Waals surface area (Å²) in [5.41, 5.74) is 0.402. The summed E-state index contributed by atoms with van der Waals surface area (Å²) >= 11 is 0. The van der Waals surface area contributed by atoms with Gasteiger partial charge >= 0.3 is 0 Å². The lowest BCUT2D eigenvalue weighted by Gasteiger charge is -2.48. The monoisotopic (exact) mass is 292 g/mol. The smallest absolute Gasteiger partial charge is 0.0198 e. The van der Waals surface area contributed by atoms with Crippen molar-refractivity contribution in [3.63, 3.8) is 0 Å². The summed E-state index contributed by atoms with van der Waals surface area (Å²) < 4.78 is 0. The average molecular weight is 293 g/mol. The van der Waals surface area contributed by atoms with Gasteiger partial charge in [0.15, 0.2) is 0 Å². The fraction of sp³-hybridized carbons (Fsp3) is 1.00. The second-order valence-corrected chi connectivity index (χ2v) is 9.60. The third kappa shape index (κ3) is 4.69. The van der Waals surface area contributed by atoms with E-state index in [-0.39, 0.29) is 0 Å². The highest BCUT2D eigenvalue weighted by molar-refractivity contribution is 4.93. The number of hydrogen-bond donors (Lipinski definition) is 1. The van der Waals surface area contributed by atoms with E-state index in [1.807, 2.05) is 0 Å². The Morgan fingerprint density at radius 3 is 2.29 bits per heavy atom. The van der Waals surface area contributed by atoms with Gasteiger partial charge in [-0.05, 0) is 48.9 Å². The van der Waals surface area contributed by atoms with Crippen molar-refractivity contribution in [2.24, 2.45) is 23.2 Å². The van der Waals surface area contributed by atoms with Crippen molar-refractivity contribution in [1.29, 1.82) is 0 Å². The molecule has 21 heavy (non-hydrogen) atoms. The molecule has 0 radical (unpaired) electrons. The van der Waals surface area contributed by atoms with E-state index in [0.717, 1.165) is 36.4 Å². The quantitative estimate of drug-likeness (QED) is 0.826. The minimum Gasteiger partial charge on any atom is -0.312 e. The summed E-state index contributed by atoms with van der Waals surface area (Å²) in [5.74, 6) is 3.01. The van der Waals surface area contributed by atoms with Crippen LogP contribution < -0.4 is 5.32 Å². The molecule has 1 heterocycles. The van der Waals surface area contributed by atoms with Gasteiger partial charge in [0.1, 0.15) is 0 Å². The molecule has 3 aliphatic rings. The molecule has 3 fully saturated rings. The van der Waals surface area contributed by atoms with Crippen molar-refractivity contribution in [2.45, 2.75) is 78.3 Å². The van der Waals surface area contributed by atoms with E-state index in [9.17, 15) is 0 Å². The molecule has 0 aromatic rings. The lowest BCUT2D eigenvalue weighted by atomic mass is 9.78. The van der Waals surface area contributed by atoms with E-state index in [0.29, 0.717) is 5.41 Å². The average Bonchev–Trinajstić information content (AvgIpc) is 3.15. The third-order valence-corrected chi connectivity index (χ3v) is 5.72. The van der Waals surface area contributed by atoms with E-state index in [1.165, 1.54) is 51.6 Å². The first-order chi connectivity index (χ1) is 9.89. The number of rotatable bonds is 5. The molecule has 0 aromatic heterocycles. The lowest BCUT2D eigenvalue weighted by Crippen LogP contribution is -2.56. The number of likely N-dealkylation sites (tertiary alicyclic amines) is 1. The van der Waals surface area contributed by atoms with Gasteiger partial charge < -0.3 is 5.32 Å². The normalized spacial score (nSPS) is 38.3. The molecule has 0 amide bonds. The van der Waals surface area contributed by atoms with Crippen LogP contribution in [0, 0.1) is 23.2 Å². The van der Waals surface area contributed by atoms with Crippen LogP contribution in [-0.2, 0) is 0 Å². The van der Waals surface area contributed by atoms with E-state index in [1.54, 1.807) is 0 Å². The van der Waals surface area contributed by atoms with Crippen LogP contribution in [0.3, 0.4) is 0 Å². The summed E-state index contributed by atoms with van der Waals surface area (Å²) in [7, 11) is 0. The second-order valence-electron chi connectivity index (χ2n) is 9.60. The maximum atomic E-state index is 3.89. The summed E-state index contributed by atoms with van der Waals surface area (Å²) in [6.07, 6.45) is 8.84. The van der Waals surface area contributed by atoms with Gasteiger partial charge in [0.05, 0.1) is 0 Å². The molecule has 0 aromatic carbocycles. The fourth-order valence-corrected chi connectivity index (χ4v) is 4.29. The third-order valence-electron chi connectivity index (χ3n) is 5.72. The zero-order valence-electron chi connectivity index (χ0n) is 14.7. The summed E-state index contributed by atoms with van der Waals surface area (Å²) in [4.78, 5) is 2.84. The number of nitrogens with zero attached hydrogens (tertiary/aromatic N) is 1. The largest absolute Gasteiger partial charge is 0.312 e. The zero-order valence-corrected chi connectivity index (χ0v) is 14.7. The van der Waals surface area contributed by atoms with Crippen LogP contribution in [0.5, 0.6) is 0 Å². The molecule has 0 bridgehead atoms. The van der Waals surface area contributed by atoms with Crippen molar-refractivity contribution in [1.82, 2.24) is 10.2 Å². The Bertz CT molecular complexity index is 336. The first-order valence-corrected chi connectivity index (χ1v) is 9.36. The van der Waals surface area contributed by atoms with Crippen LogP contribution in [0.4, 0.5) is 0 Å². The predicted molar refractivity (Wildman–Crippen MR) is 90.5 cm³/mol. The summed E-state index contributed by atoms with van der Waals surface area (Å²) in [6, 6.07) is 1.64. The molecule has 0 spiro atoms. The van der Waals surface area contributed by atoms with E-state index < -0.39 is 0 Å². The van der Waals surface area contributed by atoms with Crippen LogP contribution in [0.15, 0.2) is 0 Å². The van der Waals surface area contributed by atoms with Crippen molar-refractivity contribution in [2.75, 3.05) is 19.6 Å². The van der Waals surface area contributed by atoms with Gasteiger partial charge in [-0.25, -0.2) is 0 Å². The van der Waals surface area contributed by atoms with E-state index in [2.05, 4.69) is 37.9 Å².